The third-order valence-corrected chi connectivity index (χ3v) is 5.34. The Bertz CT molecular complexity index is 866. The number of urea groups is 1. The lowest BCUT2D eigenvalue weighted by atomic mass is 9.84. The van der Waals surface area contributed by atoms with E-state index in [-0.39, 0.29) is 12.5 Å². The van der Waals surface area contributed by atoms with Crippen molar-refractivity contribution in [3.8, 4) is 5.75 Å². The first-order valence-electron chi connectivity index (χ1n) is 7.82. The van der Waals surface area contributed by atoms with Crippen molar-refractivity contribution in [3.63, 3.8) is 0 Å². The fourth-order valence-corrected chi connectivity index (χ4v) is 3.87. The van der Waals surface area contributed by atoms with Crippen LogP contribution in [0.1, 0.15) is 17.5 Å². The number of nitrogens with zero attached hydrogens (tertiary/aromatic N) is 1. The van der Waals surface area contributed by atoms with E-state index < -0.39 is 11.6 Å². The number of hydrogen-bond donors (Lipinski definition) is 1. The fraction of sp³-hybridized carbons (Fsp3) is 0.222. The van der Waals surface area contributed by atoms with Gasteiger partial charge in [-0.3, -0.25) is 9.69 Å². The summed E-state index contributed by atoms with van der Waals surface area (Å²) in [5.41, 5.74) is 0.124. The molecule has 3 amide bonds. The topological polar surface area (TPSA) is 58.6 Å². The number of imide groups is 1. The molecule has 0 radical (unpaired) electrons. The SMILES string of the molecule is O=C1NC2(CCOc3ccccc32)C(=O)N1Cc1c(Cl)cccc1Cl. The van der Waals surface area contributed by atoms with E-state index in [9.17, 15) is 9.59 Å². The Labute approximate surface area is 154 Å². The molecule has 1 unspecified atom stereocenters. The molecule has 0 bridgehead atoms. The molecule has 2 aromatic carbocycles. The lowest BCUT2D eigenvalue weighted by Gasteiger charge is -2.33. The summed E-state index contributed by atoms with van der Waals surface area (Å²) >= 11 is 12.4. The number of nitrogens with one attached hydrogen (secondary N) is 1. The third-order valence-electron chi connectivity index (χ3n) is 4.64. The van der Waals surface area contributed by atoms with Crippen molar-refractivity contribution in [2.75, 3.05) is 6.61 Å². The molecule has 0 aliphatic carbocycles. The largest absolute Gasteiger partial charge is 0.493 e. The predicted molar refractivity (Wildman–Crippen MR) is 93.8 cm³/mol. The quantitative estimate of drug-likeness (QED) is 0.812. The molecule has 5 nitrogen and oxygen atoms in total. The van der Waals surface area contributed by atoms with Crippen molar-refractivity contribution in [1.82, 2.24) is 10.2 Å². The Kier molecular flexibility index (Phi) is 3.85. The number of benzene rings is 2. The van der Waals surface area contributed by atoms with Gasteiger partial charge in [0.05, 0.1) is 13.2 Å². The Morgan fingerprint density at radius 1 is 1.08 bits per heavy atom. The van der Waals surface area contributed by atoms with Crippen LogP contribution < -0.4 is 10.1 Å². The summed E-state index contributed by atoms with van der Waals surface area (Å²) in [6, 6.07) is 11.9. The number of carbonyl (C=O) groups excluding carboxylic acids is 2. The van der Waals surface area contributed by atoms with Crippen molar-refractivity contribution < 1.29 is 14.3 Å². The van der Waals surface area contributed by atoms with Gasteiger partial charge in [0.15, 0.2) is 5.54 Å². The van der Waals surface area contributed by atoms with Crippen molar-refractivity contribution in [2.45, 2.75) is 18.5 Å². The molecule has 25 heavy (non-hydrogen) atoms. The first-order chi connectivity index (χ1) is 12.0. The Morgan fingerprint density at radius 3 is 2.56 bits per heavy atom. The molecule has 1 N–H and O–H groups in total. The van der Waals surface area contributed by atoms with Crippen LogP contribution in [-0.4, -0.2) is 23.4 Å². The molecular weight excluding hydrogens is 363 g/mol. The second kappa shape index (κ2) is 5.93. The normalized spacial score (nSPS) is 21.9. The molecule has 1 spiro atoms. The van der Waals surface area contributed by atoms with Crippen molar-refractivity contribution >= 4 is 35.1 Å². The van der Waals surface area contributed by atoms with E-state index in [2.05, 4.69) is 5.32 Å². The van der Waals surface area contributed by atoms with Crippen molar-refractivity contribution in [1.29, 1.82) is 0 Å². The zero-order chi connectivity index (χ0) is 17.6. The zero-order valence-corrected chi connectivity index (χ0v) is 14.6. The Balaban J connectivity index is 1.73. The van der Waals surface area contributed by atoms with Crippen molar-refractivity contribution in [3.05, 3.63) is 63.6 Å². The molecule has 0 saturated carbocycles. The van der Waals surface area contributed by atoms with Crippen LogP contribution in [0.2, 0.25) is 10.0 Å². The van der Waals surface area contributed by atoms with E-state index in [1.165, 1.54) is 0 Å². The average molecular weight is 377 g/mol. The number of hydrogen-bond acceptors (Lipinski definition) is 3. The molecular formula is C18H14Cl2N2O3. The summed E-state index contributed by atoms with van der Waals surface area (Å²) in [4.78, 5) is 26.9. The van der Waals surface area contributed by atoms with Crippen LogP contribution in [-0.2, 0) is 16.9 Å². The van der Waals surface area contributed by atoms with Gasteiger partial charge in [-0.1, -0.05) is 47.5 Å². The maximum absolute atomic E-state index is 13.2. The molecule has 2 aliphatic heterocycles. The van der Waals surface area contributed by atoms with E-state index in [1.807, 2.05) is 12.1 Å². The van der Waals surface area contributed by atoms with Gasteiger partial charge in [0, 0.05) is 27.6 Å². The summed E-state index contributed by atoms with van der Waals surface area (Å²) in [5.74, 6) is 0.296. The van der Waals surface area contributed by atoms with Gasteiger partial charge < -0.3 is 10.1 Å². The maximum Gasteiger partial charge on any atom is 0.325 e. The molecule has 1 atom stereocenters. The van der Waals surface area contributed by atoms with Crippen LogP contribution >= 0.6 is 23.2 Å². The molecule has 7 heteroatoms. The number of ether oxygens (including phenoxy) is 1. The van der Waals surface area contributed by atoms with E-state index in [1.54, 1.807) is 30.3 Å². The van der Waals surface area contributed by atoms with E-state index in [4.69, 9.17) is 27.9 Å². The number of rotatable bonds is 2. The molecule has 0 aromatic heterocycles. The van der Waals surface area contributed by atoms with E-state index in [0.29, 0.717) is 39.9 Å². The zero-order valence-electron chi connectivity index (χ0n) is 13.1. The number of fused-ring (bicyclic) bond motifs is 2. The molecule has 2 aromatic rings. The van der Waals surface area contributed by atoms with Gasteiger partial charge in [-0.25, -0.2) is 4.79 Å². The minimum Gasteiger partial charge on any atom is -0.493 e. The number of carbonyl (C=O) groups is 2. The molecule has 2 heterocycles. The molecule has 2 aliphatic rings. The van der Waals surface area contributed by atoms with Gasteiger partial charge in [0.1, 0.15) is 5.75 Å². The highest BCUT2D eigenvalue weighted by molar-refractivity contribution is 6.36. The lowest BCUT2D eigenvalue weighted by Crippen LogP contribution is -2.47. The van der Waals surface area contributed by atoms with Gasteiger partial charge >= 0.3 is 6.03 Å². The second-order valence-electron chi connectivity index (χ2n) is 6.02. The Hall–Kier alpha value is -2.24. The average Bonchev–Trinajstić information content (AvgIpc) is 2.83. The number of amides is 3. The molecule has 1 saturated heterocycles. The van der Waals surface area contributed by atoms with Crippen LogP contribution in [0.15, 0.2) is 42.5 Å². The molecule has 4 rings (SSSR count). The van der Waals surface area contributed by atoms with Crippen LogP contribution in [0.4, 0.5) is 4.79 Å². The summed E-state index contributed by atoms with van der Waals surface area (Å²) in [5, 5.41) is 3.69. The van der Waals surface area contributed by atoms with Gasteiger partial charge in [-0.05, 0) is 18.2 Å². The maximum atomic E-state index is 13.2. The first kappa shape index (κ1) is 16.2. The lowest BCUT2D eigenvalue weighted by molar-refractivity contribution is -0.133. The van der Waals surface area contributed by atoms with E-state index in [0.717, 1.165) is 4.90 Å². The summed E-state index contributed by atoms with van der Waals surface area (Å²) in [7, 11) is 0. The standard InChI is InChI=1S/C18H14Cl2N2O3/c19-13-5-3-6-14(20)11(13)10-22-16(23)18(21-17(22)24)8-9-25-15-7-2-1-4-12(15)18/h1-7H,8-10H2,(H,21,24). The van der Waals surface area contributed by atoms with Gasteiger partial charge in [-0.15, -0.1) is 0 Å². The summed E-state index contributed by atoms with van der Waals surface area (Å²) in [6.45, 7) is 0.373. The fourth-order valence-electron chi connectivity index (χ4n) is 3.36. The number of para-hydroxylation sites is 1. The Morgan fingerprint density at radius 2 is 1.80 bits per heavy atom. The predicted octanol–water partition coefficient (Wildman–Crippen LogP) is 3.72. The first-order valence-corrected chi connectivity index (χ1v) is 8.58. The molecule has 128 valence electrons. The number of halogens is 2. The minimum atomic E-state index is -1.10. The van der Waals surface area contributed by atoms with Gasteiger partial charge in [0.2, 0.25) is 0 Å². The van der Waals surface area contributed by atoms with Crippen LogP contribution in [0.5, 0.6) is 5.75 Å². The highest BCUT2D eigenvalue weighted by atomic mass is 35.5. The van der Waals surface area contributed by atoms with E-state index >= 15 is 0 Å². The highest BCUT2D eigenvalue weighted by Crippen LogP contribution is 2.41. The smallest absolute Gasteiger partial charge is 0.325 e. The highest BCUT2D eigenvalue weighted by Gasteiger charge is 2.54. The van der Waals surface area contributed by atoms with Crippen LogP contribution in [0, 0.1) is 0 Å². The van der Waals surface area contributed by atoms with Crippen LogP contribution in [0.3, 0.4) is 0 Å². The van der Waals surface area contributed by atoms with Gasteiger partial charge in [-0.2, -0.15) is 0 Å². The minimum absolute atomic E-state index is 0.0218. The third kappa shape index (κ3) is 2.46. The van der Waals surface area contributed by atoms with Crippen molar-refractivity contribution in [2.24, 2.45) is 0 Å². The summed E-state index contributed by atoms with van der Waals surface area (Å²) < 4.78 is 5.62. The second-order valence-corrected chi connectivity index (χ2v) is 6.84. The van der Waals surface area contributed by atoms with Crippen LogP contribution in [0.25, 0.3) is 0 Å². The summed E-state index contributed by atoms with van der Waals surface area (Å²) in [6.07, 6.45) is 0.376. The monoisotopic (exact) mass is 376 g/mol. The molecule has 1 fully saturated rings. The van der Waals surface area contributed by atoms with Gasteiger partial charge in [0.25, 0.3) is 5.91 Å².